The third kappa shape index (κ3) is 4.13. The first-order valence-electron chi connectivity index (χ1n) is 8.30. The van der Waals surface area contributed by atoms with Crippen LogP contribution in [-0.4, -0.2) is 41.1 Å². The van der Waals surface area contributed by atoms with E-state index in [4.69, 9.17) is 4.74 Å². The second-order valence-electron chi connectivity index (χ2n) is 6.69. The Morgan fingerprint density at radius 2 is 1.84 bits per heavy atom. The van der Waals surface area contributed by atoms with Gasteiger partial charge in [-0.2, -0.15) is 0 Å². The van der Waals surface area contributed by atoms with E-state index in [0.717, 1.165) is 10.5 Å². The van der Waals surface area contributed by atoms with Crippen molar-refractivity contribution in [1.29, 1.82) is 0 Å². The molecule has 0 bridgehead atoms. The molecule has 0 spiro atoms. The Morgan fingerprint density at radius 1 is 1.20 bits per heavy atom. The summed E-state index contributed by atoms with van der Waals surface area (Å²) in [6.45, 7) is 4.31. The molecule has 1 saturated heterocycles. The van der Waals surface area contributed by atoms with Gasteiger partial charge >= 0.3 is 6.09 Å². The summed E-state index contributed by atoms with van der Waals surface area (Å²) in [5, 5.41) is 0. The number of Topliss-reactive ketones (excluding diaryl/α,β-unsaturated/α-hetero) is 2. The van der Waals surface area contributed by atoms with Crippen LogP contribution in [0.25, 0.3) is 0 Å². The lowest BCUT2D eigenvalue weighted by Crippen LogP contribution is -2.50. The smallest absolute Gasteiger partial charge is 0.417 e. The van der Waals surface area contributed by atoms with Gasteiger partial charge in [-0.05, 0) is 39.2 Å². The van der Waals surface area contributed by atoms with Crippen LogP contribution in [0.3, 0.4) is 0 Å². The predicted octanol–water partition coefficient (Wildman–Crippen LogP) is 2.54. The van der Waals surface area contributed by atoms with E-state index >= 15 is 0 Å². The van der Waals surface area contributed by atoms with Crippen molar-refractivity contribution in [2.24, 2.45) is 5.41 Å². The Hall–Kier alpha value is -2.50. The van der Waals surface area contributed by atoms with Crippen molar-refractivity contribution in [3.63, 3.8) is 0 Å². The van der Waals surface area contributed by atoms with Gasteiger partial charge in [0.1, 0.15) is 23.6 Å². The zero-order valence-corrected chi connectivity index (χ0v) is 14.8. The van der Waals surface area contributed by atoms with E-state index in [-0.39, 0.29) is 31.0 Å². The van der Waals surface area contributed by atoms with Crippen LogP contribution >= 0.6 is 0 Å². The number of amides is 2. The first-order chi connectivity index (χ1) is 11.8. The van der Waals surface area contributed by atoms with Gasteiger partial charge in [-0.3, -0.25) is 9.59 Å². The van der Waals surface area contributed by atoms with Crippen LogP contribution in [-0.2, 0) is 25.5 Å². The monoisotopic (exact) mass is 345 g/mol. The largest absolute Gasteiger partial charge is 0.447 e. The van der Waals surface area contributed by atoms with Crippen LogP contribution in [0.2, 0.25) is 0 Å². The molecule has 0 unspecified atom stereocenters. The molecule has 2 atom stereocenters. The molecule has 1 aliphatic rings. The number of benzene rings is 1. The minimum Gasteiger partial charge on any atom is -0.447 e. The van der Waals surface area contributed by atoms with Gasteiger partial charge in [-0.15, -0.1) is 0 Å². The highest BCUT2D eigenvalue weighted by atomic mass is 16.6. The highest BCUT2D eigenvalue weighted by Crippen LogP contribution is 2.31. The first kappa shape index (κ1) is 18.8. The van der Waals surface area contributed by atoms with E-state index in [1.165, 1.54) is 20.8 Å². The maximum atomic E-state index is 13.0. The molecule has 2 amide bonds. The van der Waals surface area contributed by atoms with E-state index in [0.29, 0.717) is 6.42 Å². The number of hydrogen-bond acceptors (Lipinski definition) is 5. The third-order valence-corrected chi connectivity index (χ3v) is 4.72. The average molecular weight is 345 g/mol. The van der Waals surface area contributed by atoms with Crippen molar-refractivity contribution < 1.29 is 23.9 Å². The van der Waals surface area contributed by atoms with Gasteiger partial charge in [0.25, 0.3) is 0 Å². The molecule has 1 aromatic carbocycles. The zero-order valence-electron chi connectivity index (χ0n) is 14.8. The molecule has 0 radical (unpaired) electrons. The maximum absolute atomic E-state index is 13.0. The first-order valence-corrected chi connectivity index (χ1v) is 8.30. The van der Waals surface area contributed by atoms with Crippen molar-refractivity contribution in [2.45, 2.75) is 46.1 Å². The van der Waals surface area contributed by atoms with Crippen molar-refractivity contribution in [3.8, 4) is 0 Å². The summed E-state index contributed by atoms with van der Waals surface area (Å²) < 4.78 is 5.06. The van der Waals surface area contributed by atoms with E-state index in [1.54, 1.807) is 0 Å². The molecular formula is C19H23NO5. The average Bonchev–Trinajstić information content (AvgIpc) is 2.93. The second-order valence-corrected chi connectivity index (χ2v) is 6.69. The molecule has 0 aliphatic carbocycles. The molecule has 1 heterocycles. The summed E-state index contributed by atoms with van der Waals surface area (Å²) in [5.74, 6) is -1.06. The lowest BCUT2D eigenvalue weighted by Gasteiger charge is -2.30. The van der Waals surface area contributed by atoms with Gasteiger partial charge in [0, 0.05) is 6.42 Å². The molecule has 25 heavy (non-hydrogen) atoms. The summed E-state index contributed by atoms with van der Waals surface area (Å²) in [6.07, 6.45) is -0.0907. The number of ketones is 2. The molecule has 134 valence electrons. The topological polar surface area (TPSA) is 80.8 Å². The normalized spacial score (nSPS) is 19.2. The van der Waals surface area contributed by atoms with Crippen LogP contribution < -0.4 is 0 Å². The number of carbonyl (C=O) groups is 4. The number of rotatable bonds is 7. The fourth-order valence-electron chi connectivity index (χ4n) is 2.87. The predicted molar refractivity (Wildman–Crippen MR) is 90.8 cm³/mol. The molecule has 0 saturated carbocycles. The van der Waals surface area contributed by atoms with E-state index < -0.39 is 23.5 Å². The van der Waals surface area contributed by atoms with Crippen LogP contribution in [0.4, 0.5) is 4.79 Å². The molecule has 1 aliphatic heterocycles. The van der Waals surface area contributed by atoms with Gasteiger partial charge < -0.3 is 9.53 Å². The molecule has 1 aromatic rings. The minimum absolute atomic E-state index is 0.0817. The Bertz CT molecular complexity index is 684. The summed E-state index contributed by atoms with van der Waals surface area (Å²) in [6, 6.07) is 9.00. The summed E-state index contributed by atoms with van der Waals surface area (Å²) in [4.78, 5) is 49.6. The quantitative estimate of drug-likeness (QED) is 0.710. The van der Waals surface area contributed by atoms with Crippen molar-refractivity contribution in [2.75, 3.05) is 6.61 Å². The summed E-state index contributed by atoms with van der Waals surface area (Å²) >= 11 is 0. The number of nitrogens with zero attached hydrogens (tertiary/aromatic N) is 1. The lowest BCUT2D eigenvalue weighted by atomic mass is 9.79. The van der Waals surface area contributed by atoms with Crippen LogP contribution in [0.5, 0.6) is 0 Å². The fraction of sp³-hybridized carbons (Fsp3) is 0.474. The molecular weight excluding hydrogens is 322 g/mol. The number of ether oxygens (including phenoxy) is 1. The molecule has 0 aromatic heterocycles. The highest BCUT2D eigenvalue weighted by molar-refractivity contribution is 6.09. The molecule has 1 fully saturated rings. The minimum atomic E-state index is -1.41. The Labute approximate surface area is 147 Å². The van der Waals surface area contributed by atoms with Crippen molar-refractivity contribution in [3.05, 3.63) is 35.9 Å². The lowest BCUT2D eigenvalue weighted by molar-refractivity contribution is -0.146. The molecule has 2 rings (SSSR count). The zero-order chi connectivity index (χ0) is 18.6. The maximum Gasteiger partial charge on any atom is 0.417 e. The van der Waals surface area contributed by atoms with Crippen LogP contribution in [0, 0.1) is 5.41 Å². The van der Waals surface area contributed by atoms with E-state index in [9.17, 15) is 19.2 Å². The molecule has 0 N–H and O–H groups in total. The number of cyclic esters (lactones) is 1. The fourth-order valence-corrected chi connectivity index (χ4v) is 2.87. The molecule has 6 heteroatoms. The van der Waals surface area contributed by atoms with Gasteiger partial charge in [0.05, 0.1) is 6.04 Å². The number of imide groups is 1. The van der Waals surface area contributed by atoms with Crippen molar-refractivity contribution >= 4 is 23.6 Å². The Kier molecular flexibility index (Phi) is 5.72. The summed E-state index contributed by atoms with van der Waals surface area (Å²) in [7, 11) is 0. The van der Waals surface area contributed by atoms with E-state index in [2.05, 4.69) is 0 Å². The SMILES string of the molecule is CC(=O)CC[C@](C)(C(C)=O)C(=O)N1C(=O)OC[C@@H]1Cc1ccccc1. The van der Waals surface area contributed by atoms with Gasteiger partial charge in [-0.25, -0.2) is 9.69 Å². The van der Waals surface area contributed by atoms with Gasteiger partial charge in [0.15, 0.2) is 0 Å². The molecule has 6 nitrogen and oxygen atoms in total. The van der Waals surface area contributed by atoms with Crippen molar-refractivity contribution in [1.82, 2.24) is 4.90 Å². The van der Waals surface area contributed by atoms with Crippen LogP contribution in [0.1, 0.15) is 39.2 Å². The number of carbonyl (C=O) groups excluding carboxylic acids is 4. The Morgan fingerprint density at radius 3 is 2.40 bits per heavy atom. The van der Waals surface area contributed by atoms with Crippen LogP contribution in [0.15, 0.2) is 30.3 Å². The number of hydrogen-bond donors (Lipinski definition) is 0. The van der Waals surface area contributed by atoms with Gasteiger partial charge in [0.2, 0.25) is 5.91 Å². The summed E-state index contributed by atoms with van der Waals surface area (Å²) in [5.41, 5.74) is -0.443. The van der Waals surface area contributed by atoms with E-state index in [1.807, 2.05) is 30.3 Å². The van der Waals surface area contributed by atoms with Gasteiger partial charge in [-0.1, -0.05) is 30.3 Å². The third-order valence-electron chi connectivity index (χ3n) is 4.72. The second kappa shape index (κ2) is 7.59. The standard InChI is InChI=1S/C19H23NO5/c1-13(21)9-10-19(3,14(2)22)17(23)20-16(12-25-18(20)24)11-15-7-5-4-6-8-15/h4-8,16H,9-12H2,1-3H3/t16-,19+/m0/s1. The highest BCUT2D eigenvalue weighted by Gasteiger charge is 2.48. The Balaban J connectivity index is 2.24.